The zero-order chi connectivity index (χ0) is 23.2. The monoisotopic (exact) mass is 447 g/mol. The van der Waals surface area contributed by atoms with Crippen molar-refractivity contribution >= 4 is 27.3 Å². The quantitative estimate of drug-likeness (QED) is 0.442. The van der Waals surface area contributed by atoms with E-state index in [9.17, 15) is 23.3 Å². The van der Waals surface area contributed by atoms with Gasteiger partial charge in [-0.15, -0.1) is 0 Å². The molecule has 0 aliphatic heterocycles. The van der Waals surface area contributed by atoms with Crippen molar-refractivity contribution in [2.75, 3.05) is 10.6 Å². The summed E-state index contributed by atoms with van der Waals surface area (Å²) in [7, 11) is -3.87. The van der Waals surface area contributed by atoms with Crippen molar-refractivity contribution in [3.8, 4) is 0 Å². The van der Waals surface area contributed by atoms with Gasteiger partial charge < -0.3 is 5.32 Å². The van der Waals surface area contributed by atoms with Gasteiger partial charge in [0, 0.05) is 18.7 Å². The maximum Gasteiger partial charge on any atom is 0.271 e. The number of amides is 1. The largest absolute Gasteiger partial charge is 0.350 e. The number of anilines is 1. The van der Waals surface area contributed by atoms with E-state index in [0.29, 0.717) is 0 Å². The van der Waals surface area contributed by atoms with Crippen LogP contribution in [0.5, 0.6) is 0 Å². The normalized spacial score (nSPS) is 12.3. The topological polar surface area (TPSA) is 110 Å². The molecule has 0 saturated heterocycles. The molecule has 0 aromatic heterocycles. The molecule has 9 heteroatoms. The van der Waals surface area contributed by atoms with E-state index in [1.807, 2.05) is 13.0 Å². The summed E-state index contributed by atoms with van der Waals surface area (Å²) in [6.07, 6.45) is 2.88. The van der Waals surface area contributed by atoms with E-state index in [2.05, 4.69) is 24.4 Å². The van der Waals surface area contributed by atoms with Crippen LogP contribution < -0.4 is 9.62 Å². The van der Waals surface area contributed by atoms with Crippen LogP contribution in [0.4, 0.5) is 11.4 Å². The van der Waals surface area contributed by atoms with Gasteiger partial charge in [-0.1, -0.05) is 45.0 Å². The second-order valence-electron chi connectivity index (χ2n) is 7.29. The van der Waals surface area contributed by atoms with E-state index in [0.717, 1.165) is 46.2 Å². The van der Waals surface area contributed by atoms with Crippen LogP contribution >= 0.6 is 0 Å². The zero-order valence-corrected chi connectivity index (χ0v) is 19.1. The number of hydrogen-bond donors (Lipinski definition) is 1. The fourth-order valence-corrected chi connectivity index (χ4v) is 4.72. The first kappa shape index (κ1) is 24.3. The number of hydrogen-bond acceptors (Lipinski definition) is 5. The van der Waals surface area contributed by atoms with Crippen LogP contribution in [0.25, 0.3) is 0 Å². The van der Waals surface area contributed by atoms with Crippen molar-refractivity contribution in [2.24, 2.45) is 0 Å². The maximum absolute atomic E-state index is 13.0. The SMILES string of the molecule is CCc1ccc(CC)c(CNC(=O)[C@H](CC)N(c2cccc([N+](=O)[O-])c2)S(C)(=O)=O)c1. The van der Waals surface area contributed by atoms with Gasteiger partial charge in [-0.05, 0) is 42.0 Å². The van der Waals surface area contributed by atoms with Gasteiger partial charge in [-0.2, -0.15) is 0 Å². The molecule has 0 saturated carbocycles. The minimum atomic E-state index is -3.87. The van der Waals surface area contributed by atoms with Crippen LogP contribution in [0.15, 0.2) is 42.5 Å². The summed E-state index contributed by atoms with van der Waals surface area (Å²) in [5, 5.41) is 14.0. The van der Waals surface area contributed by atoms with Gasteiger partial charge in [-0.3, -0.25) is 19.2 Å². The molecule has 0 bridgehead atoms. The Balaban J connectivity index is 2.34. The molecule has 0 aliphatic rings. The number of sulfonamides is 1. The standard InChI is InChI=1S/C22H29N3O5S/c1-5-16-11-12-17(6-2)18(13-16)15-23-22(26)21(7-3)24(31(4,29)30)19-9-8-10-20(14-19)25(27)28/h8-14,21H,5-7,15H2,1-4H3,(H,23,26)/t21-/m0/s1. The van der Waals surface area contributed by atoms with Gasteiger partial charge in [0.05, 0.1) is 16.9 Å². The third kappa shape index (κ3) is 6.04. The number of non-ortho nitro benzene ring substituents is 1. The molecule has 1 N–H and O–H groups in total. The summed E-state index contributed by atoms with van der Waals surface area (Å²) in [5.41, 5.74) is 3.10. The fraction of sp³-hybridized carbons (Fsp3) is 0.409. The number of benzene rings is 2. The Morgan fingerprint density at radius 2 is 1.81 bits per heavy atom. The predicted octanol–water partition coefficient (Wildman–Crippen LogP) is 3.58. The number of nitrogens with one attached hydrogen (secondary N) is 1. The molecular weight excluding hydrogens is 418 g/mol. The van der Waals surface area contributed by atoms with Crippen molar-refractivity contribution < 1.29 is 18.1 Å². The van der Waals surface area contributed by atoms with Gasteiger partial charge in [0.25, 0.3) is 5.69 Å². The molecular formula is C22H29N3O5S. The van der Waals surface area contributed by atoms with Crippen molar-refractivity contribution in [1.82, 2.24) is 5.32 Å². The van der Waals surface area contributed by atoms with Crippen LogP contribution in [-0.4, -0.2) is 31.5 Å². The lowest BCUT2D eigenvalue weighted by Gasteiger charge is -2.30. The van der Waals surface area contributed by atoms with Gasteiger partial charge in [0.15, 0.2) is 0 Å². The summed E-state index contributed by atoms with van der Waals surface area (Å²) < 4.78 is 26.1. The van der Waals surface area contributed by atoms with Crippen molar-refractivity contribution in [2.45, 2.75) is 52.6 Å². The molecule has 0 unspecified atom stereocenters. The molecule has 0 heterocycles. The summed E-state index contributed by atoms with van der Waals surface area (Å²) >= 11 is 0. The molecule has 8 nitrogen and oxygen atoms in total. The molecule has 0 spiro atoms. The fourth-order valence-electron chi connectivity index (χ4n) is 3.51. The second kappa shape index (κ2) is 10.4. The highest BCUT2D eigenvalue weighted by molar-refractivity contribution is 7.92. The van der Waals surface area contributed by atoms with Gasteiger partial charge in [0.2, 0.25) is 15.9 Å². The van der Waals surface area contributed by atoms with Crippen LogP contribution in [-0.2, 0) is 34.2 Å². The first-order chi connectivity index (χ1) is 14.6. The first-order valence-corrected chi connectivity index (χ1v) is 12.1. The lowest BCUT2D eigenvalue weighted by atomic mass is 10.0. The van der Waals surface area contributed by atoms with E-state index in [4.69, 9.17) is 0 Å². The van der Waals surface area contributed by atoms with Gasteiger partial charge in [0.1, 0.15) is 6.04 Å². The number of rotatable bonds is 10. The van der Waals surface area contributed by atoms with Crippen molar-refractivity contribution in [3.05, 3.63) is 69.3 Å². The Morgan fingerprint density at radius 1 is 1.10 bits per heavy atom. The average molecular weight is 448 g/mol. The minimum Gasteiger partial charge on any atom is -0.350 e. The lowest BCUT2D eigenvalue weighted by molar-refractivity contribution is -0.384. The Morgan fingerprint density at radius 3 is 2.35 bits per heavy atom. The Hall–Kier alpha value is -2.94. The molecule has 168 valence electrons. The highest BCUT2D eigenvalue weighted by Crippen LogP contribution is 2.26. The Kier molecular flexibility index (Phi) is 8.15. The van der Waals surface area contributed by atoms with Crippen LogP contribution in [0, 0.1) is 10.1 Å². The zero-order valence-electron chi connectivity index (χ0n) is 18.3. The average Bonchev–Trinajstić information content (AvgIpc) is 2.74. The summed E-state index contributed by atoms with van der Waals surface area (Å²) in [6, 6.07) is 10.4. The first-order valence-electron chi connectivity index (χ1n) is 10.2. The van der Waals surface area contributed by atoms with Crippen molar-refractivity contribution in [3.63, 3.8) is 0 Å². The number of nitrogens with zero attached hydrogens (tertiary/aromatic N) is 2. The number of aryl methyl sites for hydroxylation is 2. The Labute approximate surface area is 183 Å². The smallest absolute Gasteiger partial charge is 0.271 e. The molecule has 0 aliphatic carbocycles. The second-order valence-corrected chi connectivity index (χ2v) is 9.15. The molecule has 1 amide bonds. The van der Waals surface area contributed by atoms with Crippen LogP contribution in [0.2, 0.25) is 0 Å². The molecule has 2 aromatic carbocycles. The van der Waals surface area contributed by atoms with Crippen LogP contribution in [0.1, 0.15) is 43.9 Å². The highest BCUT2D eigenvalue weighted by Gasteiger charge is 2.32. The number of nitro benzene ring substituents is 1. The Bertz CT molecular complexity index is 1050. The van der Waals surface area contributed by atoms with E-state index in [-0.39, 0.29) is 24.3 Å². The van der Waals surface area contributed by atoms with E-state index in [1.54, 1.807) is 6.92 Å². The molecule has 2 aromatic rings. The lowest BCUT2D eigenvalue weighted by Crippen LogP contribution is -2.49. The maximum atomic E-state index is 13.0. The third-order valence-electron chi connectivity index (χ3n) is 5.14. The summed E-state index contributed by atoms with van der Waals surface area (Å²) in [6.45, 7) is 6.07. The van der Waals surface area contributed by atoms with E-state index < -0.39 is 26.9 Å². The van der Waals surface area contributed by atoms with Gasteiger partial charge in [-0.25, -0.2) is 8.42 Å². The van der Waals surface area contributed by atoms with E-state index >= 15 is 0 Å². The summed E-state index contributed by atoms with van der Waals surface area (Å²) in [4.78, 5) is 23.6. The molecule has 0 fully saturated rings. The molecule has 1 atom stereocenters. The number of nitro groups is 1. The van der Waals surface area contributed by atoms with Gasteiger partial charge >= 0.3 is 0 Å². The molecule has 2 rings (SSSR count). The third-order valence-corrected chi connectivity index (χ3v) is 6.32. The number of carbonyl (C=O) groups excluding carboxylic acids is 1. The van der Waals surface area contributed by atoms with E-state index in [1.165, 1.54) is 18.2 Å². The molecule has 0 radical (unpaired) electrons. The number of carbonyl (C=O) groups is 1. The minimum absolute atomic E-state index is 0.0842. The van der Waals surface area contributed by atoms with Crippen molar-refractivity contribution in [1.29, 1.82) is 0 Å². The van der Waals surface area contributed by atoms with Crippen LogP contribution in [0.3, 0.4) is 0 Å². The summed E-state index contributed by atoms with van der Waals surface area (Å²) in [5.74, 6) is -0.455. The molecule has 31 heavy (non-hydrogen) atoms. The highest BCUT2D eigenvalue weighted by atomic mass is 32.2. The predicted molar refractivity (Wildman–Crippen MR) is 122 cm³/mol.